The van der Waals surface area contributed by atoms with Crippen molar-refractivity contribution in [3.8, 4) is 0 Å². The van der Waals surface area contributed by atoms with Crippen LogP contribution in [0.5, 0.6) is 0 Å². The van der Waals surface area contributed by atoms with E-state index in [2.05, 4.69) is 21.8 Å². The number of methoxy groups -OCH3 is 1. The number of aryl methyl sites for hydroxylation is 2. The van der Waals surface area contributed by atoms with Crippen LogP contribution < -0.4 is 4.57 Å². The summed E-state index contributed by atoms with van der Waals surface area (Å²) in [6.07, 6.45) is 9.76. The van der Waals surface area contributed by atoms with E-state index in [0.29, 0.717) is 6.42 Å². The number of carbonyl (C=O) groups is 1. The number of ether oxygens (including phenoxy) is 1. The predicted octanol–water partition coefficient (Wildman–Crippen LogP) is 1.05. The maximum atomic E-state index is 10.8. The minimum absolute atomic E-state index is 0.109. The monoisotopic (exact) mass is 211 g/mol. The summed E-state index contributed by atoms with van der Waals surface area (Å²) in [6, 6.07) is 0. The molecule has 0 aromatic carbocycles. The van der Waals surface area contributed by atoms with E-state index >= 15 is 0 Å². The van der Waals surface area contributed by atoms with Gasteiger partial charge in [-0.25, -0.2) is 9.13 Å². The van der Waals surface area contributed by atoms with Crippen molar-refractivity contribution in [3.63, 3.8) is 0 Å². The van der Waals surface area contributed by atoms with Gasteiger partial charge >= 0.3 is 5.97 Å². The topological polar surface area (TPSA) is 35.1 Å². The fourth-order valence-electron chi connectivity index (χ4n) is 1.48. The second kappa shape index (κ2) is 6.22. The van der Waals surface area contributed by atoms with Gasteiger partial charge in [-0.1, -0.05) is 0 Å². The van der Waals surface area contributed by atoms with Crippen molar-refractivity contribution in [3.05, 3.63) is 18.7 Å². The molecule has 1 heterocycles. The lowest BCUT2D eigenvalue weighted by molar-refractivity contribution is -0.671. The molecule has 0 aliphatic rings. The molecule has 1 aromatic rings. The molecule has 0 radical (unpaired) electrons. The third kappa shape index (κ3) is 4.63. The van der Waals surface area contributed by atoms with Crippen molar-refractivity contribution < 1.29 is 14.1 Å². The Hall–Kier alpha value is -1.32. The SMILES string of the molecule is COC(=O)CCCCCn1cc[n+](C)c1. The Labute approximate surface area is 90.5 Å². The molecule has 84 valence electrons. The maximum absolute atomic E-state index is 10.8. The second-order valence-corrected chi connectivity index (χ2v) is 3.70. The van der Waals surface area contributed by atoms with E-state index in [1.807, 2.05) is 17.8 Å². The lowest BCUT2D eigenvalue weighted by Crippen LogP contribution is -2.23. The van der Waals surface area contributed by atoms with Gasteiger partial charge in [0.15, 0.2) is 0 Å². The highest BCUT2D eigenvalue weighted by atomic mass is 16.5. The summed E-state index contributed by atoms with van der Waals surface area (Å²) in [5.74, 6) is -0.109. The summed E-state index contributed by atoms with van der Waals surface area (Å²) >= 11 is 0. The van der Waals surface area contributed by atoms with E-state index < -0.39 is 0 Å². The zero-order valence-electron chi connectivity index (χ0n) is 9.48. The molecular formula is C11H19N2O2+. The van der Waals surface area contributed by atoms with E-state index in [4.69, 9.17) is 0 Å². The average molecular weight is 211 g/mol. The van der Waals surface area contributed by atoms with E-state index in [0.717, 1.165) is 25.8 Å². The van der Waals surface area contributed by atoms with Crippen LogP contribution in [-0.4, -0.2) is 17.6 Å². The Morgan fingerprint density at radius 3 is 2.80 bits per heavy atom. The molecule has 0 fully saturated rings. The van der Waals surface area contributed by atoms with Crippen molar-refractivity contribution in [1.29, 1.82) is 0 Å². The van der Waals surface area contributed by atoms with Crippen LogP contribution in [0.15, 0.2) is 18.7 Å². The fourth-order valence-corrected chi connectivity index (χ4v) is 1.48. The Kier molecular flexibility index (Phi) is 4.87. The zero-order chi connectivity index (χ0) is 11.1. The molecule has 0 aliphatic heterocycles. The molecule has 4 heteroatoms. The molecule has 1 rings (SSSR count). The molecule has 0 aliphatic carbocycles. The van der Waals surface area contributed by atoms with Crippen LogP contribution in [0.4, 0.5) is 0 Å². The number of esters is 1. The predicted molar refractivity (Wildman–Crippen MR) is 56.1 cm³/mol. The summed E-state index contributed by atoms with van der Waals surface area (Å²) in [6.45, 7) is 1.02. The number of hydrogen-bond acceptors (Lipinski definition) is 2. The molecule has 1 aromatic heterocycles. The van der Waals surface area contributed by atoms with Crippen LogP contribution in [0.25, 0.3) is 0 Å². The van der Waals surface area contributed by atoms with Gasteiger partial charge in [0.2, 0.25) is 6.33 Å². The first-order valence-corrected chi connectivity index (χ1v) is 5.30. The van der Waals surface area contributed by atoms with Gasteiger partial charge in [-0.2, -0.15) is 0 Å². The number of aromatic nitrogens is 2. The third-order valence-electron chi connectivity index (χ3n) is 2.35. The van der Waals surface area contributed by atoms with Crippen LogP contribution in [0.3, 0.4) is 0 Å². The van der Waals surface area contributed by atoms with Crippen molar-refractivity contribution in [2.45, 2.75) is 32.2 Å². The van der Waals surface area contributed by atoms with Crippen LogP contribution in [-0.2, 0) is 23.1 Å². The molecule has 0 atom stereocenters. The number of nitrogens with zero attached hydrogens (tertiary/aromatic N) is 2. The number of unbranched alkanes of at least 4 members (excludes halogenated alkanes) is 2. The van der Waals surface area contributed by atoms with Gasteiger partial charge in [0, 0.05) is 6.42 Å². The van der Waals surface area contributed by atoms with Gasteiger partial charge in [0.25, 0.3) is 0 Å². The molecule has 0 bridgehead atoms. The highest BCUT2D eigenvalue weighted by molar-refractivity contribution is 5.68. The zero-order valence-corrected chi connectivity index (χ0v) is 9.48. The molecule has 0 amide bonds. The van der Waals surface area contributed by atoms with Gasteiger partial charge in [0.1, 0.15) is 12.4 Å². The lowest BCUT2D eigenvalue weighted by atomic mass is 10.2. The third-order valence-corrected chi connectivity index (χ3v) is 2.35. The molecule has 0 saturated heterocycles. The van der Waals surface area contributed by atoms with Gasteiger partial charge in [-0.3, -0.25) is 4.79 Å². The van der Waals surface area contributed by atoms with Crippen molar-refractivity contribution in [1.82, 2.24) is 4.57 Å². The molecule has 0 spiro atoms. The van der Waals surface area contributed by atoms with Crippen LogP contribution >= 0.6 is 0 Å². The van der Waals surface area contributed by atoms with Crippen molar-refractivity contribution >= 4 is 5.97 Å². The molecule has 15 heavy (non-hydrogen) atoms. The fraction of sp³-hybridized carbons (Fsp3) is 0.636. The van der Waals surface area contributed by atoms with Crippen molar-refractivity contribution in [2.24, 2.45) is 7.05 Å². The average Bonchev–Trinajstić information content (AvgIpc) is 2.63. The summed E-state index contributed by atoms with van der Waals surface area (Å²) in [4.78, 5) is 10.8. The highest BCUT2D eigenvalue weighted by Gasteiger charge is 2.01. The van der Waals surface area contributed by atoms with E-state index in [1.165, 1.54) is 7.11 Å². The minimum atomic E-state index is -0.109. The Morgan fingerprint density at radius 2 is 2.20 bits per heavy atom. The maximum Gasteiger partial charge on any atom is 0.305 e. The van der Waals surface area contributed by atoms with Gasteiger partial charge in [0.05, 0.1) is 20.7 Å². The first-order valence-electron chi connectivity index (χ1n) is 5.30. The largest absolute Gasteiger partial charge is 0.469 e. The highest BCUT2D eigenvalue weighted by Crippen LogP contribution is 2.02. The Bertz CT molecular complexity index is 307. The quantitative estimate of drug-likeness (QED) is 0.400. The number of hydrogen-bond donors (Lipinski definition) is 0. The molecule has 0 saturated carbocycles. The molecule has 4 nitrogen and oxygen atoms in total. The number of carbonyl (C=O) groups excluding carboxylic acids is 1. The van der Waals surface area contributed by atoms with Crippen LogP contribution in [0.1, 0.15) is 25.7 Å². The van der Waals surface area contributed by atoms with Crippen LogP contribution in [0.2, 0.25) is 0 Å². The second-order valence-electron chi connectivity index (χ2n) is 3.70. The Balaban J connectivity index is 2.05. The summed E-state index contributed by atoms with van der Waals surface area (Å²) in [7, 11) is 3.44. The summed E-state index contributed by atoms with van der Waals surface area (Å²) in [5.41, 5.74) is 0. The van der Waals surface area contributed by atoms with Gasteiger partial charge in [-0.15, -0.1) is 0 Å². The van der Waals surface area contributed by atoms with Gasteiger partial charge in [-0.05, 0) is 19.3 Å². The first-order chi connectivity index (χ1) is 7.22. The molecule has 0 N–H and O–H groups in total. The normalized spacial score (nSPS) is 10.3. The standard InChI is InChI=1S/C11H19N2O2/c1-12-8-9-13(10-12)7-5-3-4-6-11(14)15-2/h8-10H,3-7H2,1-2H3/q+1. The van der Waals surface area contributed by atoms with E-state index in [-0.39, 0.29) is 5.97 Å². The number of imidazole rings is 1. The molecule has 0 unspecified atom stereocenters. The van der Waals surface area contributed by atoms with E-state index in [9.17, 15) is 4.79 Å². The minimum Gasteiger partial charge on any atom is -0.469 e. The smallest absolute Gasteiger partial charge is 0.305 e. The number of rotatable bonds is 6. The molecular weight excluding hydrogens is 192 g/mol. The summed E-state index contributed by atoms with van der Waals surface area (Å²) in [5, 5.41) is 0. The summed E-state index contributed by atoms with van der Waals surface area (Å²) < 4.78 is 8.74. The van der Waals surface area contributed by atoms with E-state index in [1.54, 1.807) is 0 Å². The lowest BCUT2D eigenvalue weighted by Gasteiger charge is -1.98. The first kappa shape index (κ1) is 11.8. The van der Waals surface area contributed by atoms with Crippen molar-refractivity contribution in [2.75, 3.05) is 7.11 Å². The van der Waals surface area contributed by atoms with Gasteiger partial charge < -0.3 is 4.74 Å². The van der Waals surface area contributed by atoms with Crippen LogP contribution in [0, 0.1) is 0 Å². The Morgan fingerprint density at radius 1 is 1.40 bits per heavy atom.